The lowest BCUT2D eigenvalue weighted by Gasteiger charge is -2.23. The van der Waals surface area contributed by atoms with Crippen molar-refractivity contribution in [1.29, 1.82) is 0 Å². The molecule has 1 unspecified atom stereocenters. The number of likely N-dealkylation sites (tertiary alicyclic amines) is 1. The Labute approximate surface area is 127 Å². The zero-order chi connectivity index (χ0) is 15.3. The van der Waals surface area contributed by atoms with Gasteiger partial charge in [0.25, 0.3) is 0 Å². The van der Waals surface area contributed by atoms with Crippen LogP contribution in [0.5, 0.6) is 0 Å². The van der Waals surface area contributed by atoms with Crippen molar-refractivity contribution < 1.29 is 13.5 Å². The van der Waals surface area contributed by atoms with E-state index in [9.17, 15) is 13.5 Å². The SMILES string of the molecule is CS(=O)(=O)Nc1ccc(C(O)CN2CCCCCC2)cc1. The van der Waals surface area contributed by atoms with E-state index in [-0.39, 0.29) is 0 Å². The smallest absolute Gasteiger partial charge is 0.229 e. The van der Waals surface area contributed by atoms with E-state index in [0.717, 1.165) is 24.9 Å². The molecule has 118 valence electrons. The summed E-state index contributed by atoms with van der Waals surface area (Å²) in [7, 11) is -3.26. The summed E-state index contributed by atoms with van der Waals surface area (Å²) in [6.07, 6.45) is 5.54. The molecule has 2 N–H and O–H groups in total. The number of aliphatic hydroxyl groups excluding tert-OH is 1. The number of benzene rings is 1. The van der Waals surface area contributed by atoms with Crippen LogP contribution in [0.3, 0.4) is 0 Å². The van der Waals surface area contributed by atoms with Crippen molar-refractivity contribution >= 4 is 15.7 Å². The van der Waals surface area contributed by atoms with Crippen LogP contribution in [0.2, 0.25) is 0 Å². The molecule has 2 rings (SSSR count). The third-order valence-corrected chi connectivity index (χ3v) is 4.34. The molecule has 1 aliphatic heterocycles. The standard InChI is InChI=1S/C15H24N2O3S/c1-21(19,20)16-14-8-6-13(7-9-14)15(18)12-17-10-4-2-3-5-11-17/h6-9,15-16,18H,2-5,10-12H2,1H3. The van der Waals surface area contributed by atoms with Gasteiger partial charge in [0.15, 0.2) is 0 Å². The van der Waals surface area contributed by atoms with E-state index >= 15 is 0 Å². The van der Waals surface area contributed by atoms with E-state index in [1.54, 1.807) is 24.3 Å². The van der Waals surface area contributed by atoms with Gasteiger partial charge in [0.2, 0.25) is 10.0 Å². The lowest BCUT2D eigenvalue weighted by atomic mass is 10.1. The molecule has 0 aliphatic carbocycles. The van der Waals surface area contributed by atoms with Gasteiger partial charge in [0.05, 0.1) is 12.4 Å². The Morgan fingerprint density at radius 2 is 1.71 bits per heavy atom. The molecule has 1 heterocycles. The highest BCUT2D eigenvalue weighted by molar-refractivity contribution is 7.92. The Balaban J connectivity index is 1.94. The first-order valence-corrected chi connectivity index (χ1v) is 9.31. The van der Waals surface area contributed by atoms with E-state index in [4.69, 9.17) is 0 Å². The third kappa shape index (κ3) is 5.65. The van der Waals surface area contributed by atoms with Crippen LogP contribution in [0.1, 0.15) is 37.4 Å². The fourth-order valence-electron chi connectivity index (χ4n) is 2.66. The molecule has 0 saturated carbocycles. The number of rotatable bonds is 5. The number of sulfonamides is 1. The van der Waals surface area contributed by atoms with Crippen LogP contribution >= 0.6 is 0 Å². The molecule has 1 aliphatic rings. The number of nitrogens with one attached hydrogen (secondary N) is 1. The van der Waals surface area contributed by atoms with Gasteiger partial charge in [-0.05, 0) is 43.6 Å². The van der Waals surface area contributed by atoms with Crippen molar-refractivity contribution in [3.8, 4) is 0 Å². The number of aliphatic hydroxyl groups is 1. The molecule has 0 spiro atoms. The van der Waals surface area contributed by atoms with Crippen molar-refractivity contribution in [2.24, 2.45) is 0 Å². The highest BCUT2D eigenvalue weighted by Gasteiger charge is 2.15. The summed E-state index contributed by atoms with van der Waals surface area (Å²) in [6.45, 7) is 2.73. The largest absolute Gasteiger partial charge is 0.387 e. The molecule has 1 fully saturated rings. The third-order valence-electron chi connectivity index (χ3n) is 3.73. The molecule has 1 atom stereocenters. The molecule has 0 bridgehead atoms. The summed E-state index contributed by atoms with van der Waals surface area (Å²) in [5, 5.41) is 10.3. The van der Waals surface area contributed by atoms with Crippen molar-refractivity contribution in [2.45, 2.75) is 31.8 Å². The average molecular weight is 312 g/mol. The summed E-state index contributed by atoms with van der Waals surface area (Å²) in [5.74, 6) is 0. The Morgan fingerprint density at radius 1 is 1.14 bits per heavy atom. The molecule has 5 nitrogen and oxygen atoms in total. The first-order chi connectivity index (χ1) is 9.94. The molecular weight excluding hydrogens is 288 g/mol. The van der Waals surface area contributed by atoms with Gasteiger partial charge in [-0.25, -0.2) is 8.42 Å². The van der Waals surface area contributed by atoms with E-state index in [1.165, 1.54) is 25.7 Å². The minimum Gasteiger partial charge on any atom is -0.387 e. The molecule has 0 amide bonds. The normalized spacial score (nSPS) is 19.0. The van der Waals surface area contributed by atoms with E-state index in [1.807, 2.05) is 0 Å². The molecule has 0 aromatic heterocycles. The van der Waals surface area contributed by atoms with Crippen molar-refractivity contribution in [3.05, 3.63) is 29.8 Å². The minimum absolute atomic E-state index is 0.517. The number of β-amino-alcohol motifs (C(OH)–C–C–N with tert-alkyl or cyclic N) is 1. The molecule has 1 aromatic carbocycles. The summed E-state index contributed by atoms with van der Waals surface area (Å²) < 4.78 is 24.7. The van der Waals surface area contributed by atoms with Crippen LogP contribution in [-0.2, 0) is 10.0 Å². The van der Waals surface area contributed by atoms with Gasteiger partial charge < -0.3 is 10.0 Å². The number of anilines is 1. The molecule has 0 radical (unpaired) electrons. The lowest BCUT2D eigenvalue weighted by Crippen LogP contribution is -2.29. The minimum atomic E-state index is -3.26. The van der Waals surface area contributed by atoms with Crippen molar-refractivity contribution in [2.75, 3.05) is 30.6 Å². The Bertz CT molecular complexity index is 535. The fourth-order valence-corrected chi connectivity index (χ4v) is 3.22. The van der Waals surface area contributed by atoms with Gasteiger partial charge in [0.1, 0.15) is 0 Å². The van der Waals surface area contributed by atoms with Crippen LogP contribution in [0.25, 0.3) is 0 Å². The van der Waals surface area contributed by atoms with Crippen LogP contribution in [-0.4, -0.2) is 44.3 Å². The maximum Gasteiger partial charge on any atom is 0.229 e. The first-order valence-electron chi connectivity index (χ1n) is 7.42. The van der Waals surface area contributed by atoms with E-state index in [2.05, 4.69) is 9.62 Å². The Kier molecular flexibility index (Phi) is 5.61. The zero-order valence-corrected chi connectivity index (χ0v) is 13.3. The first kappa shape index (κ1) is 16.3. The highest BCUT2D eigenvalue weighted by atomic mass is 32.2. The second-order valence-corrected chi connectivity index (χ2v) is 7.48. The fraction of sp³-hybridized carbons (Fsp3) is 0.600. The maximum atomic E-state index is 11.1. The van der Waals surface area contributed by atoms with Gasteiger partial charge in [-0.1, -0.05) is 25.0 Å². The summed E-state index contributed by atoms with van der Waals surface area (Å²) in [6, 6.07) is 6.91. The quantitative estimate of drug-likeness (QED) is 0.872. The highest BCUT2D eigenvalue weighted by Crippen LogP contribution is 2.19. The van der Waals surface area contributed by atoms with Crippen LogP contribution < -0.4 is 4.72 Å². The number of nitrogens with zero attached hydrogens (tertiary/aromatic N) is 1. The summed E-state index contributed by atoms with van der Waals surface area (Å²) >= 11 is 0. The maximum absolute atomic E-state index is 11.1. The molecule has 1 aromatic rings. The monoisotopic (exact) mass is 312 g/mol. The van der Waals surface area contributed by atoms with Crippen LogP contribution in [0, 0.1) is 0 Å². The second kappa shape index (κ2) is 7.24. The summed E-state index contributed by atoms with van der Waals surface area (Å²) in [5.41, 5.74) is 1.33. The lowest BCUT2D eigenvalue weighted by molar-refractivity contribution is 0.115. The molecule has 21 heavy (non-hydrogen) atoms. The van der Waals surface area contributed by atoms with Gasteiger partial charge >= 0.3 is 0 Å². The predicted molar refractivity (Wildman–Crippen MR) is 84.8 cm³/mol. The second-order valence-electron chi connectivity index (χ2n) is 5.73. The predicted octanol–water partition coefficient (Wildman–Crippen LogP) is 1.97. The Morgan fingerprint density at radius 3 is 2.24 bits per heavy atom. The van der Waals surface area contributed by atoms with Gasteiger partial charge in [-0.15, -0.1) is 0 Å². The summed E-state index contributed by atoms with van der Waals surface area (Å²) in [4.78, 5) is 2.31. The van der Waals surface area contributed by atoms with Crippen LogP contribution in [0.15, 0.2) is 24.3 Å². The van der Waals surface area contributed by atoms with Crippen molar-refractivity contribution in [3.63, 3.8) is 0 Å². The zero-order valence-electron chi connectivity index (χ0n) is 12.5. The van der Waals surface area contributed by atoms with Crippen LogP contribution in [0.4, 0.5) is 5.69 Å². The van der Waals surface area contributed by atoms with Crippen molar-refractivity contribution in [1.82, 2.24) is 4.90 Å². The van der Waals surface area contributed by atoms with Gasteiger partial charge in [0, 0.05) is 12.2 Å². The van der Waals surface area contributed by atoms with Gasteiger partial charge in [-0.2, -0.15) is 0 Å². The van der Waals surface area contributed by atoms with E-state index < -0.39 is 16.1 Å². The van der Waals surface area contributed by atoms with Gasteiger partial charge in [-0.3, -0.25) is 4.72 Å². The molecule has 1 saturated heterocycles. The Hall–Kier alpha value is -1.11. The molecular formula is C15H24N2O3S. The average Bonchev–Trinajstić information content (AvgIpc) is 2.66. The number of hydrogen-bond donors (Lipinski definition) is 2. The topological polar surface area (TPSA) is 69.6 Å². The molecule has 6 heteroatoms. The number of hydrogen-bond acceptors (Lipinski definition) is 4. The van der Waals surface area contributed by atoms with E-state index in [0.29, 0.717) is 12.2 Å².